The third-order valence-electron chi connectivity index (χ3n) is 8.74. The first kappa shape index (κ1) is 25.7. The van der Waals surface area contributed by atoms with Crippen molar-refractivity contribution in [2.45, 2.75) is 37.8 Å². The third kappa shape index (κ3) is 3.77. The number of carbonyl (C=O) groups excluding carboxylic acids is 3. The number of amides is 1. The second-order valence-electron chi connectivity index (χ2n) is 11.6. The smallest absolute Gasteiger partial charge is 0.238 e. The molecule has 0 saturated carbocycles. The molecule has 4 heterocycles. The summed E-state index contributed by atoms with van der Waals surface area (Å²) >= 11 is 1.37. The van der Waals surface area contributed by atoms with Gasteiger partial charge in [-0.2, -0.15) is 0 Å². The molecule has 7 rings (SSSR count). The summed E-state index contributed by atoms with van der Waals surface area (Å²) in [4.78, 5) is 46.4. The molecule has 1 fully saturated rings. The number of para-hydroxylation sites is 2. The Morgan fingerprint density at radius 1 is 0.927 bits per heavy atom. The summed E-state index contributed by atoms with van der Waals surface area (Å²) in [7, 11) is 0. The van der Waals surface area contributed by atoms with Crippen LogP contribution in [0.4, 0.5) is 11.4 Å². The van der Waals surface area contributed by atoms with Crippen molar-refractivity contribution in [2.24, 2.45) is 11.8 Å². The minimum atomic E-state index is -1.29. The van der Waals surface area contributed by atoms with E-state index in [-0.39, 0.29) is 17.5 Å². The van der Waals surface area contributed by atoms with Crippen molar-refractivity contribution in [1.82, 2.24) is 0 Å². The molecule has 41 heavy (non-hydrogen) atoms. The van der Waals surface area contributed by atoms with Gasteiger partial charge in [0, 0.05) is 16.9 Å². The van der Waals surface area contributed by atoms with E-state index >= 15 is 0 Å². The van der Waals surface area contributed by atoms with Gasteiger partial charge in [0.05, 0.1) is 16.8 Å². The maximum atomic E-state index is 14.9. The number of carbonyl (C=O) groups is 3. The normalized spacial score (nSPS) is 23.8. The number of nitrogens with zero attached hydrogens (tertiary/aromatic N) is 1. The summed E-state index contributed by atoms with van der Waals surface area (Å²) < 4.78 is 0. The number of anilines is 2. The van der Waals surface area contributed by atoms with Crippen molar-refractivity contribution in [1.29, 1.82) is 0 Å². The zero-order valence-corrected chi connectivity index (χ0v) is 23.7. The zero-order valence-electron chi connectivity index (χ0n) is 22.9. The van der Waals surface area contributed by atoms with E-state index in [1.165, 1.54) is 11.3 Å². The lowest BCUT2D eigenvalue weighted by atomic mass is 9.64. The molecule has 204 valence electrons. The molecule has 3 aliphatic heterocycles. The molecular formula is C35H30N2O3S. The Labute approximate surface area is 243 Å². The molecule has 5 nitrogen and oxygen atoms in total. The maximum Gasteiger partial charge on any atom is 0.238 e. The van der Waals surface area contributed by atoms with Crippen LogP contribution in [0, 0.1) is 11.8 Å². The van der Waals surface area contributed by atoms with Crippen LogP contribution in [0.3, 0.4) is 0 Å². The average Bonchev–Trinajstić information content (AvgIpc) is 3.69. The summed E-state index contributed by atoms with van der Waals surface area (Å²) in [6.45, 7) is 4.33. The first-order valence-electron chi connectivity index (χ1n) is 14.1. The van der Waals surface area contributed by atoms with Gasteiger partial charge in [-0.3, -0.25) is 14.4 Å². The molecule has 1 amide bonds. The van der Waals surface area contributed by atoms with Gasteiger partial charge in [-0.05, 0) is 52.6 Å². The van der Waals surface area contributed by atoms with Crippen LogP contribution in [0.25, 0.3) is 6.08 Å². The number of hydrogen-bond donors (Lipinski definition) is 1. The molecule has 3 aromatic carbocycles. The molecular weight excluding hydrogens is 528 g/mol. The number of fused-ring (bicyclic) bond motifs is 6. The van der Waals surface area contributed by atoms with E-state index in [2.05, 4.69) is 24.1 Å². The largest absolute Gasteiger partial charge is 0.352 e. The van der Waals surface area contributed by atoms with Crippen molar-refractivity contribution in [3.63, 3.8) is 0 Å². The second-order valence-corrected chi connectivity index (χ2v) is 12.5. The summed E-state index contributed by atoms with van der Waals surface area (Å²) in [5.41, 5.74) is 3.66. The Balaban J connectivity index is 1.48. The van der Waals surface area contributed by atoms with Gasteiger partial charge in [-0.25, -0.2) is 0 Å². The molecule has 6 heteroatoms. The first-order chi connectivity index (χ1) is 19.9. The fourth-order valence-electron chi connectivity index (χ4n) is 7.14. The topological polar surface area (TPSA) is 66.5 Å². The van der Waals surface area contributed by atoms with Gasteiger partial charge >= 0.3 is 0 Å². The molecule has 0 aliphatic carbocycles. The molecule has 0 bridgehead atoms. The van der Waals surface area contributed by atoms with Crippen LogP contribution in [0.15, 0.2) is 96.4 Å². The highest BCUT2D eigenvalue weighted by molar-refractivity contribution is 7.12. The SMILES string of the molecule is CC(C)Cc1ccc(C(=O)[C@H]2[C@H](C(=O)c3cccs3)N3c4ccccc4C=C[C@@H]3[C@]23C(=O)Nc2ccccc23)cc1. The molecule has 4 aromatic rings. The van der Waals surface area contributed by atoms with Gasteiger partial charge in [-0.1, -0.05) is 92.7 Å². The van der Waals surface area contributed by atoms with Gasteiger partial charge < -0.3 is 10.2 Å². The summed E-state index contributed by atoms with van der Waals surface area (Å²) in [6, 6.07) is 25.5. The highest BCUT2D eigenvalue weighted by Gasteiger charge is 2.70. The van der Waals surface area contributed by atoms with Gasteiger partial charge in [0.1, 0.15) is 11.5 Å². The molecule has 1 N–H and O–H groups in total. The molecule has 3 aliphatic rings. The van der Waals surface area contributed by atoms with E-state index in [1.807, 2.05) is 102 Å². The lowest BCUT2D eigenvalue weighted by molar-refractivity contribution is -0.121. The highest BCUT2D eigenvalue weighted by Crippen LogP contribution is 2.58. The number of rotatable bonds is 6. The van der Waals surface area contributed by atoms with Crippen molar-refractivity contribution in [3.05, 3.63) is 124 Å². The quantitative estimate of drug-likeness (QED) is 0.264. The van der Waals surface area contributed by atoms with Crippen LogP contribution in [0.5, 0.6) is 0 Å². The van der Waals surface area contributed by atoms with Crippen LogP contribution in [0.1, 0.15) is 50.6 Å². The first-order valence-corrected chi connectivity index (χ1v) is 15.0. The average molecular weight is 559 g/mol. The number of thiophene rings is 1. The summed E-state index contributed by atoms with van der Waals surface area (Å²) in [6.07, 6.45) is 4.94. The van der Waals surface area contributed by atoms with E-state index in [0.29, 0.717) is 22.0 Å². The Morgan fingerprint density at radius 3 is 2.44 bits per heavy atom. The number of ketones is 2. The van der Waals surface area contributed by atoms with E-state index in [4.69, 9.17) is 0 Å². The standard InChI is InChI=1S/C35H30N2O3S/c1-21(2)20-22-13-15-24(16-14-22)32(38)30-31(33(39)28-12-7-19-41-28)37-27-11-6-3-8-23(27)17-18-29(37)35(30)25-9-4-5-10-26(25)36-34(35)40/h3-19,21,29-31H,20H2,1-2H3,(H,36,40)/t29-,30-,31-,35+/m1/s1. The number of benzene rings is 3. The fraction of sp³-hybridized carbons (Fsp3) is 0.229. The minimum absolute atomic E-state index is 0.140. The Hall–Kier alpha value is -4.29. The predicted octanol–water partition coefficient (Wildman–Crippen LogP) is 6.80. The lowest BCUT2D eigenvalue weighted by Gasteiger charge is -2.37. The van der Waals surface area contributed by atoms with Crippen molar-refractivity contribution in [3.8, 4) is 0 Å². The Morgan fingerprint density at radius 2 is 1.68 bits per heavy atom. The van der Waals surface area contributed by atoms with Crippen LogP contribution < -0.4 is 10.2 Å². The third-order valence-corrected chi connectivity index (χ3v) is 9.62. The van der Waals surface area contributed by atoms with E-state index < -0.39 is 23.4 Å². The van der Waals surface area contributed by atoms with E-state index in [1.54, 1.807) is 0 Å². The summed E-state index contributed by atoms with van der Waals surface area (Å²) in [5, 5.41) is 4.96. The van der Waals surface area contributed by atoms with Crippen LogP contribution in [-0.2, 0) is 16.6 Å². The van der Waals surface area contributed by atoms with Crippen molar-refractivity contribution in [2.75, 3.05) is 10.2 Å². The summed E-state index contributed by atoms with van der Waals surface area (Å²) in [5.74, 6) is -1.03. The molecule has 0 unspecified atom stereocenters. The predicted molar refractivity (Wildman–Crippen MR) is 164 cm³/mol. The monoisotopic (exact) mass is 558 g/mol. The highest BCUT2D eigenvalue weighted by atomic mass is 32.1. The van der Waals surface area contributed by atoms with Crippen LogP contribution >= 0.6 is 11.3 Å². The number of Topliss-reactive ketones (excluding diaryl/α,β-unsaturated/α-hetero) is 2. The van der Waals surface area contributed by atoms with Gasteiger partial charge in [0.2, 0.25) is 5.91 Å². The fourth-order valence-corrected chi connectivity index (χ4v) is 7.84. The number of hydrogen-bond acceptors (Lipinski definition) is 5. The molecule has 0 radical (unpaired) electrons. The lowest BCUT2D eigenvalue weighted by Crippen LogP contribution is -2.51. The van der Waals surface area contributed by atoms with Crippen molar-refractivity contribution < 1.29 is 14.4 Å². The maximum absolute atomic E-state index is 14.9. The molecule has 1 aromatic heterocycles. The van der Waals surface area contributed by atoms with Crippen molar-refractivity contribution >= 4 is 46.3 Å². The van der Waals surface area contributed by atoms with Gasteiger partial charge in [0.15, 0.2) is 11.6 Å². The second kappa shape index (κ2) is 9.67. The Kier molecular flexibility index (Phi) is 6.05. The van der Waals surface area contributed by atoms with E-state index in [0.717, 1.165) is 28.8 Å². The van der Waals surface area contributed by atoms with Crippen LogP contribution in [-0.4, -0.2) is 29.6 Å². The molecule has 1 saturated heterocycles. The van der Waals surface area contributed by atoms with Gasteiger partial charge in [0.25, 0.3) is 0 Å². The van der Waals surface area contributed by atoms with E-state index in [9.17, 15) is 14.4 Å². The number of nitrogens with one attached hydrogen (secondary N) is 1. The minimum Gasteiger partial charge on any atom is -0.352 e. The Bertz CT molecular complexity index is 1710. The zero-order chi connectivity index (χ0) is 28.3. The molecule has 1 spiro atoms. The van der Waals surface area contributed by atoms with Gasteiger partial charge in [-0.15, -0.1) is 11.3 Å². The molecule has 4 atom stereocenters. The van der Waals surface area contributed by atoms with Crippen LogP contribution in [0.2, 0.25) is 0 Å².